The Kier molecular flexibility index (Phi) is 6.83. The van der Waals surface area contributed by atoms with Crippen molar-refractivity contribution in [1.29, 1.82) is 0 Å². The lowest BCUT2D eigenvalue weighted by molar-refractivity contribution is -0.138. The molecule has 1 N–H and O–H groups in total. The number of carbonyl (C=O) groups is 1. The van der Waals surface area contributed by atoms with E-state index in [4.69, 9.17) is 5.11 Å². The standard InChI is InChI=1S/C18H9Br2F7O2/c19-12-4-2-9(7-13(12)20)17(24,16(22)23)14(21)6-8-1-3-10(15(28)29)11(5-8)18(25,26)27/h1-7,16H,(H,28,29). The highest BCUT2D eigenvalue weighted by molar-refractivity contribution is 9.13. The lowest BCUT2D eigenvalue weighted by atomic mass is 9.93. The Labute approximate surface area is 176 Å². The molecule has 156 valence electrons. The van der Waals surface area contributed by atoms with Crippen LogP contribution in [-0.4, -0.2) is 17.5 Å². The van der Waals surface area contributed by atoms with Crippen LogP contribution in [0.5, 0.6) is 0 Å². The first-order valence-electron chi connectivity index (χ1n) is 7.53. The molecule has 0 fully saturated rings. The maximum Gasteiger partial charge on any atom is 0.417 e. The summed E-state index contributed by atoms with van der Waals surface area (Å²) in [6.07, 6.45) is -8.82. The number of allylic oxidation sites excluding steroid dienone is 1. The van der Waals surface area contributed by atoms with E-state index >= 15 is 4.39 Å². The fraction of sp³-hybridized carbons (Fsp3) is 0.167. The van der Waals surface area contributed by atoms with Crippen molar-refractivity contribution >= 4 is 43.9 Å². The van der Waals surface area contributed by atoms with Gasteiger partial charge in [0.1, 0.15) is 5.83 Å². The smallest absolute Gasteiger partial charge is 0.417 e. The van der Waals surface area contributed by atoms with Crippen LogP contribution in [0, 0.1) is 0 Å². The highest BCUT2D eigenvalue weighted by Crippen LogP contribution is 2.43. The molecule has 0 spiro atoms. The molecule has 0 saturated carbocycles. The summed E-state index contributed by atoms with van der Waals surface area (Å²) in [5.41, 5.74) is -8.09. The van der Waals surface area contributed by atoms with Crippen molar-refractivity contribution in [2.45, 2.75) is 18.3 Å². The first-order chi connectivity index (χ1) is 13.3. The SMILES string of the molecule is O=C(O)c1ccc(C=C(F)C(F)(c2ccc(Br)c(Br)c2)C(F)F)cc1C(F)(F)F. The van der Waals surface area contributed by atoms with Gasteiger partial charge in [-0.25, -0.2) is 22.4 Å². The van der Waals surface area contributed by atoms with Gasteiger partial charge in [-0.1, -0.05) is 12.1 Å². The van der Waals surface area contributed by atoms with E-state index < -0.39 is 52.3 Å². The molecule has 0 amide bonds. The summed E-state index contributed by atoms with van der Waals surface area (Å²) >= 11 is 6.02. The summed E-state index contributed by atoms with van der Waals surface area (Å²) < 4.78 is 96.2. The topological polar surface area (TPSA) is 37.3 Å². The van der Waals surface area contributed by atoms with Crippen LogP contribution in [0.15, 0.2) is 51.2 Å². The Morgan fingerprint density at radius 2 is 1.62 bits per heavy atom. The molecule has 2 nitrogen and oxygen atoms in total. The van der Waals surface area contributed by atoms with E-state index in [-0.39, 0.29) is 16.6 Å². The molecule has 1 unspecified atom stereocenters. The lowest BCUT2D eigenvalue weighted by Crippen LogP contribution is -2.30. The molecular weight excluding hydrogens is 541 g/mol. The van der Waals surface area contributed by atoms with Crippen LogP contribution >= 0.6 is 31.9 Å². The summed E-state index contributed by atoms with van der Waals surface area (Å²) in [6, 6.07) is 4.51. The van der Waals surface area contributed by atoms with Gasteiger partial charge in [-0.15, -0.1) is 0 Å². The van der Waals surface area contributed by atoms with E-state index in [0.717, 1.165) is 18.2 Å². The predicted octanol–water partition coefficient (Wildman–Crippen LogP) is 7.37. The van der Waals surface area contributed by atoms with Crippen molar-refractivity contribution in [2.75, 3.05) is 0 Å². The first kappa shape index (κ1) is 23.4. The maximum absolute atomic E-state index is 15.0. The van der Waals surface area contributed by atoms with E-state index in [9.17, 15) is 31.1 Å². The third-order valence-electron chi connectivity index (χ3n) is 3.86. The zero-order chi connectivity index (χ0) is 22.1. The number of alkyl halides is 6. The summed E-state index contributed by atoms with van der Waals surface area (Å²) in [7, 11) is 0. The minimum atomic E-state index is -5.11. The highest BCUT2D eigenvalue weighted by Gasteiger charge is 2.47. The molecule has 2 aromatic carbocycles. The maximum atomic E-state index is 15.0. The van der Waals surface area contributed by atoms with Crippen molar-refractivity contribution < 1.29 is 40.6 Å². The molecule has 1 atom stereocenters. The lowest BCUT2D eigenvalue weighted by Gasteiger charge is -2.24. The third-order valence-corrected chi connectivity index (χ3v) is 5.74. The number of benzene rings is 2. The molecule has 2 aromatic rings. The van der Waals surface area contributed by atoms with Crippen LogP contribution in [0.4, 0.5) is 30.7 Å². The Balaban J connectivity index is 2.62. The summed E-state index contributed by atoms with van der Waals surface area (Å²) in [6.45, 7) is 0. The van der Waals surface area contributed by atoms with Crippen molar-refractivity contribution in [3.63, 3.8) is 0 Å². The number of hydrogen-bond acceptors (Lipinski definition) is 1. The van der Waals surface area contributed by atoms with E-state index in [2.05, 4.69) is 31.9 Å². The van der Waals surface area contributed by atoms with Crippen LogP contribution in [0.1, 0.15) is 27.0 Å². The highest BCUT2D eigenvalue weighted by atomic mass is 79.9. The molecule has 0 aliphatic carbocycles. The zero-order valence-electron chi connectivity index (χ0n) is 13.9. The Hall–Kier alpha value is -1.88. The molecule has 11 heteroatoms. The monoisotopic (exact) mass is 548 g/mol. The van der Waals surface area contributed by atoms with Gasteiger partial charge in [-0.3, -0.25) is 0 Å². The summed E-state index contributed by atoms with van der Waals surface area (Å²) in [4.78, 5) is 10.9. The fourth-order valence-electron chi connectivity index (χ4n) is 2.41. The first-order valence-corrected chi connectivity index (χ1v) is 9.12. The molecule has 29 heavy (non-hydrogen) atoms. The van der Waals surface area contributed by atoms with Crippen molar-refractivity contribution in [3.05, 3.63) is 73.4 Å². The average molecular weight is 550 g/mol. The Morgan fingerprint density at radius 1 is 1.00 bits per heavy atom. The molecule has 0 heterocycles. The second-order valence-corrected chi connectivity index (χ2v) is 7.45. The molecule has 0 radical (unpaired) electrons. The number of hydrogen-bond donors (Lipinski definition) is 1. The molecule has 2 rings (SSSR count). The van der Waals surface area contributed by atoms with Crippen LogP contribution in [0.25, 0.3) is 6.08 Å². The van der Waals surface area contributed by atoms with E-state index in [1.807, 2.05) is 0 Å². The van der Waals surface area contributed by atoms with Crippen molar-refractivity contribution in [3.8, 4) is 0 Å². The van der Waals surface area contributed by atoms with Crippen LogP contribution < -0.4 is 0 Å². The minimum Gasteiger partial charge on any atom is -0.478 e. The van der Waals surface area contributed by atoms with E-state index in [0.29, 0.717) is 10.5 Å². The minimum absolute atomic E-state index is 0.149. The summed E-state index contributed by atoms with van der Waals surface area (Å²) in [5, 5.41) is 8.84. The molecule has 0 bridgehead atoms. The number of carboxylic acids is 1. The number of rotatable bonds is 5. The van der Waals surface area contributed by atoms with Gasteiger partial charge < -0.3 is 5.11 Å². The number of aromatic carboxylic acids is 1. The summed E-state index contributed by atoms with van der Waals surface area (Å²) in [5.74, 6) is -3.93. The van der Waals surface area contributed by atoms with Crippen LogP contribution in [0.2, 0.25) is 0 Å². The van der Waals surface area contributed by atoms with Gasteiger partial charge in [0.2, 0.25) is 5.67 Å². The second kappa shape index (κ2) is 8.47. The van der Waals surface area contributed by atoms with Crippen molar-refractivity contribution in [1.82, 2.24) is 0 Å². The van der Waals surface area contributed by atoms with Gasteiger partial charge in [0.15, 0.2) is 0 Å². The molecule has 0 aromatic heterocycles. The normalized spacial score (nSPS) is 14.8. The quantitative estimate of drug-likeness (QED) is 0.395. The average Bonchev–Trinajstić information content (AvgIpc) is 2.62. The van der Waals surface area contributed by atoms with E-state index in [1.165, 1.54) is 6.07 Å². The zero-order valence-corrected chi connectivity index (χ0v) is 17.0. The Morgan fingerprint density at radius 3 is 2.10 bits per heavy atom. The van der Waals surface area contributed by atoms with Gasteiger partial charge in [-0.2, -0.15) is 13.2 Å². The van der Waals surface area contributed by atoms with Gasteiger partial charge in [-0.05, 0) is 67.8 Å². The molecule has 0 aliphatic rings. The van der Waals surface area contributed by atoms with Gasteiger partial charge in [0.05, 0.1) is 11.1 Å². The number of carboxylic acid groups (broad SMARTS) is 1. The van der Waals surface area contributed by atoms with E-state index in [1.54, 1.807) is 0 Å². The van der Waals surface area contributed by atoms with Crippen LogP contribution in [0.3, 0.4) is 0 Å². The largest absolute Gasteiger partial charge is 0.478 e. The van der Waals surface area contributed by atoms with Crippen LogP contribution in [-0.2, 0) is 11.8 Å². The van der Waals surface area contributed by atoms with Gasteiger partial charge >= 0.3 is 12.1 Å². The third kappa shape index (κ3) is 4.82. The fourth-order valence-corrected chi connectivity index (χ4v) is 3.04. The second-order valence-electron chi connectivity index (χ2n) is 5.74. The molecule has 0 saturated heterocycles. The van der Waals surface area contributed by atoms with Crippen molar-refractivity contribution in [2.24, 2.45) is 0 Å². The molecule has 0 aliphatic heterocycles. The number of halogens is 9. The van der Waals surface area contributed by atoms with Gasteiger partial charge in [0.25, 0.3) is 6.43 Å². The predicted molar refractivity (Wildman–Crippen MR) is 98.1 cm³/mol. The van der Waals surface area contributed by atoms with Gasteiger partial charge in [0, 0.05) is 14.5 Å². The molecular formula is C18H9Br2F7O2. The Bertz CT molecular complexity index is 973.